The van der Waals surface area contributed by atoms with Crippen molar-refractivity contribution < 1.29 is 9.53 Å². The van der Waals surface area contributed by atoms with Crippen molar-refractivity contribution >= 4 is 33.2 Å². The first-order valence-corrected chi connectivity index (χ1v) is 6.99. The van der Waals surface area contributed by atoms with E-state index in [2.05, 4.69) is 32.7 Å². The number of carbonyl (C=O) groups excluding carboxylic acids is 1. The van der Waals surface area contributed by atoms with Crippen molar-refractivity contribution in [2.45, 2.75) is 26.3 Å². The third-order valence-corrected chi connectivity index (χ3v) is 3.66. The molecule has 0 spiro atoms. The summed E-state index contributed by atoms with van der Waals surface area (Å²) in [5, 5.41) is 5.36. The summed E-state index contributed by atoms with van der Waals surface area (Å²) in [6, 6.07) is 2.10. The smallest absolute Gasteiger partial charge is 0.305 e. The second-order valence-corrected chi connectivity index (χ2v) is 5.23. The quantitative estimate of drug-likeness (QED) is 0.622. The lowest BCUT2D eigenvalue weighted by atomic mass is 10.3. The van der Waals surface area contributed by atoms with Gasteiger partial charge in [-0.05, 0) is 41.9 Å². The molecule has 1 heterocycles. The lowest BCUT2D eigenvalue weighted by molar-refractivity contribution is -0.143. The number of hydrogen-bond donors (Lipinski definition) is 1. The molecule has 0 aromatic carbocycles. The Balaban J connectivity index is 2.02. The summed E-state index contributed by atoms with van der Waals surface area (Å²) in [6.45, 7) is 3.99. The van der Waals surface area contributed by atoms with Crippen LogP contribution in [-0.4, -0.2) is 19.1 Å². The Bertz CT molecular complexity index is 328. The summed E-state index contributed by atoms with van der Waals surface area (Å²) in [7, 11) is 0. The summed E-state index contributed by atoms with van der Waals surface area (Å²) in [6.07, 6.45) is 1.32. The van der Waals surface area contributed by atoms with E-state index in [9.17, 15) is 4.79 Å². The van der Waals surface area contributed by atoms with Gasteiger partial charge in [-0.2, -0.15) is 0 Å². The minimum Gasteiger partial charge on any atom is -0.466 e. The molecule has 1 N–H and O–H groups in total. The summed E-state index contributed by atoms with van der Waals surface area (Å²) in [5.41, 5.74) is 0. The maximum Gasteiger partial charge on any atom is 0.305 e. The molecular formula is C11H16BrNO2S. The average molecular weight is 306 g/mol. The fraction of sp³-hybridized carbons (Fsp3) is 0.545. The van der Waals surface area contributed by atoms with Gasteiger partial charge in [0.1, 0.15) is 0 Å². The van der Waals surface area contributed by atoms with Gasteiger partial charge in [-0.3, -0.25) is 4.79 Å². The highest BCUT2D eigenvalue weighted by Gasteiger charge is 2.01. The van der Waals surface area contributed by atoms with Crippen LogP contribution in [0, 0.1) is 0 Å². The molecule has 16 heavy (non-hydrogen) atoms. The molecule has 1 aromatic rings. The third kappa shape index (κ3) is 5.63. The normalized spacial score (nSPS) is 10.4. The van der Waals surface area contributed by atoms with Gasteiger partial charge in [0.25, 0.3) is 0 Å². The molecule has 0 amide bonds. The zero-order valence-corrected chi connectivity index (χ0v) is 11.7. The van der Waals surface area contributed by atoms with Gasteiger partial charge in [-0.25, -0.2) is 0 Å². The van der Waals surface area contributed by atoms with Crippen molar-refractivity contribution in [3.05, 3.63) is 20.8 Å². The van der Waals surface area contributed by atoms with E-state index in [4.69, 9.17) is 4.74 Å². The summed E-state index contributed by atoms with van der Waals surface area (Å²) >= 11 is 5.13. The first kappa shape index (κ1) is 13.7. The Morgan fingerprint density at radius 3 is 3.06 bits per heavy atom. The average Bonchev–Trinajstić information content (AvgIpc) is 2.64. The predicted molar refractivity (Wildman–Crippen MR) is 69.6 cm³/mol. The molecule has 3 nitrogen and oxygen atoms in total. The number of carbonyl (C=O) groups is 1. The van der Waals surface area contributed by atoms with Gasteiger partial charge in [0.05, 0.1) is 6.61 Å². The van der Waals surface area contributed by atoms with Gasteiger partial charge in [0.15, 0.2) is 0 Å². The lowest BCUT2D eigenvalue weighted by Crippen LogP contribution is -2.15. The number of nitrogens with one attached hydrogen (secondary N) is 1. The predicted octanol–water partition coefficient (Wildman–Crippen LogP) is 2.94. The summed E-state index contributed by atoms with van der Waals surface area (Å²) in [4.78, 5) is 12.3. The zero-order chi connectivity index (χ0) is 11.8. The zero-order valence-electron chi connectivity index (χ0n) is 9.29. The van der Waals surface area contributed by atoms with Crippen LogP contribution in [0.5, 0.6) is 0 Å². The van der Waals surface area contributed by atoms with E-state index >= 15 is 0 Å². The molecular weight excluding hydrogens is 290 g/mol. The van der Waals surface area contributed by atoms with E-state index in [1.54, 1.807) is 11.3 Å². The molecule has 0 saturated carbocycles. The molecule has 90 valence electrons. The van der Waals surface area contributed by atoms with Crippen LogP contribution in [-0.2, 0) is 16.1 Å². The lowest BCUT2D eigenvalue weighted by Gasteiger charge is -2.03. The number of thiophene rings is 1. The fourth-order valence-corrected chi connectivity index (χ4v) is 2.67. The molecule has 0 aliphatic heterocycles. The van der Waals surface area contributed by atoms with Crippen LogP contribution < -0.4 is 5.32 Å². The van der Waals surface area contributed by atoms with Crippen LogP contribution in [0.4, 0.5) is 0 Å². The first-order valence-electron chi connectivity index (χ1n) is 5.31. The largest absolute Gasteiger partial charge is 0.466 e. The van der Waals surface area contributed by atoms with Crippen molar-refractivity contribution in [1.29, 1.82) is 0 Å². The van der Waals surface area contributed by atoms with E-state index in [-0.39, 0.29) is 5.97 Å². The van der Waals surface area contributed by atoms with Crippen LogP contribution in [0.1, 0.15) is 24.6 Å². The minimum atomic E-state index is -0.108. The van der Waals surface area contributed by atoms with E-state index in [1.807, 2.05) is 6.92 Å². The molecule has 5 heteroatoms. The molecule has 0 atom stereocenters. The standard InChI is InChI=1S/C11H16BrNO2S/c1-2-15-11(14)4-3-5-13-7-10-6-9(12)8-16-10/h6,8,13H,2-5,7H2,1H3. The molecule has 0 aliphatic rings. The van der Waals surface area contributed by atoms with Gasteiger partial charge < -0.3 is 10.1 Å². The number of rotatable bonds is 7. The SMILES string of the molecule is CCOC(=O)CCCNCc1cc(Br)cs1. The highest BCUT2D eigenvalue weighted by molar-refractivity contribution is 9.10. The molecule has 0 aliphatic carbocycles. The van der Waals surface area contributed by atoms with Gasteiger partial charge in [0.2, 0.25) is 0 Å². The fourth-order valence-electron chi connectivity index (χ4n) is 1.25. The van der Waals surface area contributed by atoms with Crippen LogP contribution in [0.2, 0.25) is 0 Å². The van der Waals surface area contributed by atoms with E-state index in [0.717, 1.165) is 24.0 Å². The molecule has 1 rings (SSSR count). The second kappa shape index (κ2) is 7.81. The number of halogens is 1. The topological polar surface area (TPSA) is 38.3 Å². The van der Waals surface area contributed by atoms with Crippen LogP contribution >= 0.6 is 27.3 Å². The number of ether oxygens (including phenoxy) is 1. The van der Waals surface area contributed by atoms with Crippen LogP contribution in [0.25, 0.3) is 0 Å². The van der Waals surface area contributed by atoms with E-state index in [1.165, 1.54) is 4.88 Å². The Hall–Kier alpha value is -0.390. The number of hydrogen-bond acceptors (Lipinski definition) is 4. The monoisotopic (exact) mass is 305 g/mol. The van der Waals surface area contributed by atoms with Crippen molar-refractivity contribution in [1.82, 2.24) is 5.32 Å². The van der Waals surface area contributed by atoms with Crippen molar-refractivity contribution in [3.8, 4) is 0 Å². The minimum absolute atomic E-state index is 0.108. The molecule has 0 unspecified atom stereocenters. The molecule has 0 saturated heterocycles. The van der Waals surface area contributed by atoms with Gasteiger partial charge >= 0.3 is 5.97 Å². The van der Waals surface area contributed by atoms with Crippen LogP contribution in [0.15, 0.2) is 15.9 Å². The Labute approximate surface area is 108 Å². The van der Waals surface area contributed by atoms with E-state index < -0.39 is 0 Å². The molecule has 0 bridgehead atoms. The van der Waals surface area contributed by atoms with Gasteiger partial charge in [-0.1, -0.05) is 0 Å². The Morgan fingerprint density at radius 1 is 1.62 bits per heavy atom. The van der Waals surface area contributed by atoms with Crippen molar-refractivity contribution in [2.75, 3.05) is 13.2 Å². The summed E-state index contributed by atoms with van der Waals surface area (Å²) < 4.78 is 5.96. The van der Waals surface area contributed by atoms with Crippen molar-refractivity contribution in [2.24, 2.45) is 0 Å². The highest BCUT2D eigenvalue weighted by atomic mass is 79.9. The van der Waals surface area contributed by atoms with Gasteiger partial charge in [-0.15, -0.1) is 11.3 Å². The Morgan fingerprint density at radius 2 is 2.44 bits per heavy atom. The van der Waals surface area contributed by atoms with Crippen LogP contribution in [0.3, 0.4) is 0 Å². The second-order valence-electron chi connectivity index (χ2n) is 3.32. The third-order valence-electron chi connectivity index (χ3n) is 1.96. The number of esters is 1. The van der Waals surface area contributed by atoms with Crippen molar-refractivity contribution in [3.63, 3.8) is 0 Å². The molecule has 0 radical (unpaired) electrons. The highest BCUT2D eigenvalue weighted by Crippen LogP contribution is 2.19. The maximum atomic E-state index is 11.0. The summed E-state index contributed by atoms with van der Waals surface area (Å²) in [5.74, 6) is -0.108. The Kier molecular flexibility index (Phi) is 6.68. The van der Waals surface area contributed by atoms with E-state index in [0.29, 0.717) is 13.0 Å². The maximum absolute atomic E-state index is 11.0. The first-order chi connectivity index (χ1) is 7.72. The van der Waals surface area contributed by atoms with Gasteiger partial charge in [0, 0.05) is 27.7 Å². The molecule has 0 fully saturated rings. The molecule has 1 aromatic heterocycles.